The summed E-state index contributed by atoms with van der Waals surface area (Å²) >= 11 is 3.55. The molecule has 0 bridgehead atoms. The maximum Gasteiger partial charge on any atom is 0.407 e. The van der Waals surface area contributed by atoms with Crippen molar-refractivity contribution in [3.63, 3.8) is 0 Å². The smallest absolute Gasteiger partial charge is 0.407 e. The molecule has 1 aromatic carbocycles. The maximum absolute atomic E-state index is 11.7. The molecule has 0 saturated carbocycles. The number of hydrogen-bond acceptors (Lipinski definition) is 3. The molecule has 1 aromatic heterocycles. The molecule has 2 rings (SSSR count). The number of carbonyl (C=O) groups excluding carboxylic acids is 1. The normalized spacial score (nSPS) is 11.3. The molecule has 1 heterocycles. The summed E-state index contributed by atoms with van der Waals surface area (Å²) in [5, 5.41) is 2.77. The van der Waals surface area contributed by atoms with E-state index >= 15 is 0 Å². The maximum atomic E-state index is 11.7. The number of imidazole rings is 1. The first kappa shape index (κ1) is 17.5. The standard InChI is InChI=1S/C17H22BrN3O2/c1-12-5-6-13(9-15(12)18)21-11-19-10-14(21)7-8-20-16(22)23-17(2,3)4/h5-6,9-11H,7-8H2,1-4H3,(H,20,22). The van der Waals surface area contributed by atoms with Gasteiger partial charge >= 0.3 is 6.09 Å². The van der Waals surface area contributed by atoms with E-state index in [2.05, 4.69) is 38.4 Å². The molecule has 5 nitrogen and oxygen atoms in total. The van der Waals surface area contributed by atoms with Crippen molar-refractivity contribution in [1.29, 1.82) is 0 Å². The van der Waals surface area contributed by atoms with E-state index < -0.39 is 11.7 Å². The van der Waals surface area contributed by atoms with Gasteiger partial charge in [0.25, 0.3) is 0 Å². The summed E-state index contributed by atoms with van der Waals surface area (Å²) in [6, 6.07) is 6.16. The van der Waals surface area contributed by atoms with Gasteiger partial charge in [0.2, 0.25) is 0 Å². The Balaban J connectivity index is 1.99. The van der Waals surface area contributed by atoms with E-state index in [1.807, 2.05) is 44.5 Å². The van der Waals surface area contributed by atoms with Crippen LogP contribution in [0.15, 0.2) is 35.2 Å². The Hall–Kier alpha value is -1.82. The Morgan fingerprint density at radius 1 is 1.39 bits per heavy atom. The van der Waals surface area contributed by atoms with Gasteiger partial charge in [-0.05, 0) is 45.4 Å². The predicted octanol–water partition coefficient (Wildman–Crippen LogP) is 4.01. The first-order valence-electron chi connectivity index (χ1n) is 7.51. The van der Waals surface area contributed by atoms with Gasteiger partial charge in [0.05, 0.1) is 6.33 Å². The van der Waals surface area contributed by atoms with E-state index in [-0.39, 0.29) is 0 Å². The molecular weight excluding hydrogens is 358 g/mol. The van der Waals surface area contributed by atoms with Crippen molar-refractivity contribution in [2.45, 2.75) is 39.7 Å². The largest absolute Gasteiger partial charge is 0.444 e. The van der Waals surface area contributed by atoms with Crippen molar-refractivity contribution < 1.29 is 9.53 Å². The molecule has 0 aliphatic rings. The van der Waals surface area contributed by atoms with Crippen LogP contribution in [-0.4, -0.2) is 27.8 Å². The summed E-state index contributed by atoms with van der Waals surface area (Å²) in [5.74, 6) is 0. The third kappa shape index (κ3) is 5.10. The number of rotatable bonds is 4. The third-order valence-electron chi connectivity index (χ3n) is 3.20. The van der Waals surface area contributed by atoms with Gasteiger partial charge in [0.15, 0.2) is 0 Å². The van der Waals surface area contributed by atoms with Crippen LogP contribution in [0.4, 0.5) is 4.79 Å². The second kappa shape index (κ2) is 7.17. The van der Waals surface area contributed by atoms with Gasteiger partial charge in [-0.1, -0.05) is 22.0 Å². The van der Waals surface area contributed by atoms with Crippen molar-refractivity contribution in [2.75, 3.05) is 6.54 Å². The first-order chi connectivity index (χ1) is 10.8. The van der Waals surface area contributed by atoms with Crippen molar-refractivity contribution in [1.82, 2.24) is 14.9 Å². The highest BCUT2D eigenvalue weighted by Crippen LogP contribution is 2.21. The molecule has 23 heavy (non-hydrogen) atoms. The molecule has 1 N–H and O–H groups in total. The lowest BCUT2D eigenvalue weighted by molar-refractivity contribution is 0.0528. The van der Waals surface area contributed by atoms with Gasteiger partial charge in [-0.3, -0.25) is 0 Å². The summed E-state index contributed by atoms with van der Waals surface area (Å²) in [7, 11) is 0. The molecule has 0 aliphatic carbocycles. The van der Waals surface area contributed by atoms with E-state index in [1.54, 1.807) is 6.33 Å². The van der Waals surface area contributed by atoms with Crippen LogP contribution in [0.3, 0.4) is 0 Å². The fourth-order valence-corrected chi connectivity index (χ4v) is 2.45. The van der Waals surface area contributed by atoms with Crippen molar-refractivity contribution in [3.8, 4) is 5.69 Å². The molecule has 6 heteroatoms. The van der Waals surface area contributed by atoms with E-state index in [4.69, 9.17) is 4.74 Å². The number of nitrogens with one attached hydrogen (secondary N) is 1. The Morgan fingerprint density at radius 2 is 2.13 bits per heavy atom. The molecule has 0 unspecified atom stereocenters. The molecule has 0 aliphatic heterocycles. The van der Waals surface area contributed by atoms with Crippen LogP contribution in [0.1, 0.15) is 32.0 Å². The van der Waals surface area contributed by atoms with Gasteiger partial charge in [0, 0.05) is 35.0 Å². The third-order valence-corrected chi connectivity index (χ3v) is 4.05. The van der Waals surface area contributed by atoms with Gasteiger partial charge in [-0.25, -0.2) is 9.78 Å². The van der Waals surface area contributed by atoms with Crippen LogP contribution in [0.5, 0.6) is 0 Å². The fourth-order valence-electron chi connectivity index (χ4n) is 2.08. The average molecular weight is 380 g/mol. The lowest BCUT2D eigenvalue weighted by atomic mass is 10.2. The average Bonchev–Trinajstić information content (AvgIpc) is 2.88. The van der Waals surface area contributed by atoms with E-state index in [9.17, 15) is 4.79 Å². The van der Waals surface area contributed by atoms with Crippen molar-refractivity contribution in [2.24, 2.45) is 0 Å². The fraction of sp³-hybridized carbons (Fsp3) is 0.412. The number of hydrogen-bond donors (Lipinski definition) is 1. The summed E-state index contributed by atoms with van der Waals surface area (Å²) < 4.78 is 8.29. The molecule has 0 radical (unpaired) electrons. The quantitative estimate of drug-likeness (QED) is 0.872. The minimum atomic E-state index is -0.486. The van der Waals surface area contributed by atoms with Crippen LogP contribution in [0, 0.1) is 6.92 Å². The Labute approximate surface area is 145 Å². The number of carbonyl (C=O) groups is 1. The summed E-state index contributed by atoms with van der Waals surface area (Å²) in [5.41, 5.74) is 2.76. The number of halogens is 1. The molecular formula is C17H22BrN3O2. The second-order valence-corrected chi connectivity index (χ2v) is 7.22. The number of benzene rings is 1. The van der Waals surface area contributed by atoms with Crippen LogP contribution in [0.25, 0.3) is 5.69 Å². The molecule has 124 valence electrons. The van der Waals surface area contributed by atoms with Gasteiger partial charge < -0.3 is 14.6 Å². The van der Waals surface area contributed by atoms with Crippen molar-refractivity contribution in [3.05, 3.63) is 46.5 Å². The summed E-state index contributed by atoms with van der Waals surface area (Å²) in [6.45, 7) is 8.08. The van der Waals surface area contributed by atoms with Crippen LogP contribution < -0.4 is 5.32 Å². The number of amides is 1. The van der Waals surface area contributed by atoms with Gasteiger partial charge in [0.1, 0.15) is 5.60 Å². The van der Waals surface area contributed by atoms with Gasteiger partial charge in [-0.15, -0.1) is 0 Å². The molecule has 0 spiro atoms. The molecule has 0 atom stereocenters. The highest BCUT2D eigenvalue weighted by atomic mass is 79.9. The summed E-state index contributed by atoms with van der Waals surface area (Å²) in [4.78, 5) is 15.9. The van der Waals surface area contributed by atoms with Crippen LogP contribution >= 0.6 is 15.9 Å². The highest BCUT2D eigenvalue weighted by Gasteiger charge is 2.15. The monoisotopic (exact) mass is 379 g/mol. The zero-order valence-corrected chi connectivity index (χ0v) is 15.5. The number of nitrogens with zero attached hydrogens (tertiary/aromatic N) is 2. The number of aromatic nitrogens is 2. The summed E-state index contributed by atoms with van der Waals surface area (Å²) in [6.07, 6.45) is 3.86. The van der Waals surface area contributed by atoms with E-state index in [0.717, 1.165) is 15.9 Å². The molecule has 0 fully saturated rings. The lowest BCUT2D eigenvalue weighted by Gasteiger charge is -2.19. The van der Waals surface area contributed by atoms with E-state index in [1.165, 1.54) is 5.56 Å². The minimum absolute atomic E-state index is 0.401. The minimum Gasteiger partial charge on any atom is -0.444 e. The zero-order chi connectivity index (χ0) is 17.0. The second-order valence-electron chi connectivity index (χ2n) is 6.37. The SMILES string of the molecule is Cc1ccc(-n2cncc2CCNC(=O)OC(C)(C)C)cc1Br. The Morgan fingerprint density at radius 3 is 2.78 bits per heavy atom. The lowest BCUT2D eigenvalue weighted by Crippen LogP contribution is -2.33. The zero-order valence-electron chi connectivity index (χ0n) is 13.9. The van der Waals surface area contributed by atoms with Crippen LogP contribution in [-0.2, 0) is 11.2 Å². The highest BCUT2D eigenvalue weighted by molar-refractivity contribution is 9.10. The number of aryl methyl sites for hydroxylation is 1. The van der Waals surface area contributed by atoms with E-state index in [0.29, 0.717) is 13.0 Å². The first-order valence-corrected chi connectivity index (χ1v) is 8.30. The molecule has 2 aromatic rings. The molecule has 0 saturated heterocycles. The predicted molar refractivity (Wildman–Crippen MR) is 93.9 cm³/mol. The van der Waals surface area contributed by atoms with Gasteiger partial charge in [-0.2, -0.15) is 0 Å². The topological polar surface area (TPSA) is 56.2 Å². The Bertz CT molecular complexity index is 689. The van der Waals surface area contributed by atoms with Crippen molar-refractivity contribution >= 4 is 22.0 Å². The molecule has 1 amide bonds. The Kier molecular flexibility index (Phi) is 5.46. The van der Waals surface area contributed by atoms with Crippen LogP contribution in [0.2, 0.25) is 0 Å². The number of alkyl carbamates (subject to hydrolysis) is 1. The number of ether oxygens (including phenoxy) is 1.